The summed E-state index contributed by atoms with van der Waals surface area (Å²) in [5.74, 6) is 0.215. The first kappa shape index (κ1) is 15.9. The van der Waals surface area contributed by atoms with E-state index in [0.717, 1.165) is 11.1 Å². The number of nitrogens with zero attached hydrogens (tertiary/aromatic N) is 6. The van der Waals surface area contributed by atoms with E-state index in [1.807, 2.05) is 6.07 Å². The van der Waals surface area contributed by atoms with Crippen molar-refractivity contribution in [3.05, 3.63) is 76.0 Å². The van der Waals surface area contributed by atoms with Crippen molar-refractivity contribution in [2.24, 2.45) is 0 Å². The van der Waals surface area contributed by atoms with Gasteiger partial charge in [0, 0.05) is 43.9 Å². The first-order chi connectivity index (χ1) is 12.6. The molecule has 26 heavy (non-hydrogen) atoms. The van der Waals surface area contributed by atoms with Crippen molar-refractivity contribution in [3.8, 4) is 5.82 Å². The van der Waals surface area contributed by atoms with Gasteiger partial charge in [0.2, 0.25) is 5.91 Å². The van der Waals surface area contributed by atoms with E-state index in [0.29, 0.717) is 18.9 Å². The van der Waals surface area contributed by atoms with E-state index in [1.165, 1.54) is 16.8 Å². The van der Waals surface area contributed by atoms with Crippen LogP contribution in [-0.2, 0) is 24.3 Å². The van der Waals surface area contributed by atoms with Crippen LogP contribution in [0.4, 0.5) is 5.69 Å². The fourth-order valence-corrected chi connectivity index (χ4v) is 2.96. The highest BCUT2D eigenvalue weighted by molar-refractivity contribution is 5.80. The molecule has 0 N–H and O–H groups in total. The van der Waals surface area contributed by atoms with Crippen LogP contribution in [0.3, 0.4) is 0 Å². The van der Waals surface area contributed by atoms with Gasteiger partial charge in [0.15, 0.2) is 5.82 Å². The van der Waals surface area contributed by atoms with Gasteiger partial charge in [-0.1, -0.05) is 0 Å². The Morgan fingerprint density at radius 2 is 2.04 bits per heavy atom. The Morgan fingerprint density at radius 3 is 2.77 bits per heavy atom. The van der Waals surface area contributed by atoms with Gasteiger partial charge in [0.05, 0.1) is 11.3 Å². The SMILES string of the molecule is O=C(Cc1nc(-n2cccn2)ccc1[N+](=O)[O-])N1Cc2ccncc2C1. The quantitative estimate of drug-likeness (QED) is 0.523. The van der Waals surface area contributed by atoms with Crippen molar-refractivity contribution in [1.82, 2.24) is 24.6 Å². The molecule has 1 amide bonds. The van der Waals surface area contributed by atoms with Crippen LogP contribution in [0, 0.1) is 10.1 Å². The Labute approximate surface area is 148 Å². The van der Waals surface area contributed by atoms with Crippen LogP contribution in [0.25, 0.3) is 5.82 Å². The molecular formula is C17H14N6O3. The van der Waals surface area contributed by atoms with E-state index in [1.54, 1.807) is 35.8 Å². The van der Waals surface area contributed by atoms with E-state index in [2.05, 4.69) is 15.1 Å². The fourth-order valence-electron chi connectivity index (χ4n) is 2.96. The Bertz CT molecular complexity index is 961. The van der Waals surface area contributed by atoms with E-state index in [9.17, 15) is 14.9 Å². The number of aromatic nitrogens is 4. The molecule has 4 rings (SSSR count). The highest BCUT2D eigenvalue weighted by Crippen LogP contribution is 2.24. The zero-order valence-electron chi connectivity index (χ0n) is 13.6. The number of amides is 1. The van der Waals surface area contributed by atoms with Gasteiger partial charge < -0.3 is 4.90 Å². The lowest BCUT2D eigenvalue weighted by Gasteiger charge is -2.15. The van der Waals surface area contributed by atoms with Crippen LogP contribution in [0.2, 0.25) is 0 Å². The van der Waals surface area contributed by atoms with Crippen LogP contribution in [0.15, 0.2) is 49.1 Å². The number of pyridine rings is 2. The fraction of sp³-hybridized carbons (Fsp3) is 0.176. The standard InChI is InChI=1S/C17H14N6O3/c24-17(21-10-12-4-6-18-9-13(12)11-21)8-14-15(23(25)26)2-3-16(20-14)22-7-1-5-19-22/h1-7,9H,8,10-11H2. The maximum absolute atomic E-state index is 12.7. The van der Waals surface area contributed by atoms with Gasteiger partial charge in [-0.25, -0.2) is 9.67 Å². The minimum Gasteiger partial charge on any atom is -0.334 e. The number of hydrogen-bond acceptors (Lipinski definition) is 6. The van der Waals surface area contributed by atoms with Crippen LogP contribution in [-0.4, -0.2) is 35.5 Å². The van der Waals surface area contributed by atoms with Crippen molar-refractivity contribution >= 4 is 11.6 Å². The number of fused-ring (bicyclic) bond motifs is 1. The highest BCUT2D eigenvalue weighted by atomic mass is 16.6. The predicted molar refractivity (Wildman–Crippen MR) is 90.2 cm³/mol. The minimum absolute atomic E-state index is 0.127. The Morgan fingerprint density at radius 1 is 1.19 bits per heavy atom. The van der Waals surface area contributed by atoms with Crippen molar-refractivity contribution in [2.75, 3.05) is 0 Å². The predicted octanol–water partition coefficient (Wildman–Crippen LogP) is 1.66. The van der Waals surface area contributed by atoms with Gasteiger partial charge in [-0.3, -0.25) is 19.9 Å². The second-order valence-electron chi connectivity index (χ2n) is 5.91. The zero-order valence-corrected chi connectivity index (χ0v) is 13.6. The average Bonchev–Trinajstić information content (AvgIpc) is 3.31. The van der Waals surface area contributed by atoms with Gasteiger partial charge >= 0.3 is 0 Å². The molecule has 0 spiro atoms. The Hall–Kier alpha value is -3.62. The van der Waals surface area contributed by atoms with E-state index in [4.69, 9.17) is 0 Å². The summed E-state index contributed by atoms with van der Waals surface area (Å²) in [4.78, 5) is 33.5. The molecule has 1 aliphatic rings. The van der Waals surface area contributed by atoms with Gasteiger partial charge in [0.25, 0.3) is 5.69 Å². The molecule has 4 heterocycles. The van der Waals surface area contributed by atoms with E-state index < -0.39 is 4.92 Å². The summed E-state index contributed by atoms with van der Waals surface area (Å²) in [6.45, 7) is 0.929. The van der Waals surface area contributed by atoms with E-state index >= 15 is 0 Å². The molecule has 0 fully saturated rings. The number of rotatable bonds is 4. The summed E-state index contributed by atoms with van der Waals surface area (Å²) in [5, 5.41) is 15.4. The molecule has 1 aliphatic heterocycles. The molecule has 0 aromatic carbocycles. The van der Waals surface area contributed by atoms with Crippen LogP contribution in [0.5, 0.6) is 0 Å². The topological polar surface area (TPSA) is 107 Å². The van der Waals surface area contributed by atoms with Crippen LogP contribution < -0.4 is 0 Å². The second kappa shape index (κ2) is 6.36. The Balaban J connectivity index is 1.60. The molecular weight excluding hydrogens is 336 g/mol. The first-order valence-corrected chi connectivity index (χ1v) is 7.95. The summed E-state index contributed by atoms with van der Waals surface area (Å²) in [5.41, 5.74) is 1.99. The minimum atomic E-state index is -0.523. The first-order valence-electron chi connectivity index (χ1n) is 7.95. The molecule has 3 aromatic rings. The number of hydrogen-bond donors (Lipinski definition) is 0. The van der Waals surface area contributed by atoms with Crippen molar-refractivity contribution in [2.45, 2.75) is 19.5 Å². The summed E-state index contributed by atoms with van der Waals surface area (Å²) < 4.78 is 1.50. The summed E-state index contributed by atoms with van der Waals surface area (Å²) >= 11 is 0. The summed E-state index contributed by atoms with van der Waals surface area (Å²) in [7, 11) is 0. The zero-order chi connectivity index (χ0) is 18.1. The molecule has 0 saturated heterocycles. The lowest BCUT2D eigenvalue weighted by atomic mass is 10.2. The second-order valence-corrected chi connectivity index (χ2v) is 5.91. The molecule has 130 valence electrons. The summed E-state index contributed by atoms with van der Waals surface area (Å²) in [6, 6.07) is 6.47. The van der Waals surface area contributed by atoms with Crippen LogP contribution >= 0.6 is 0 Å². The molecule has 0 bridgehead atoms. The third kappa shape index (κ3) is 2.90. The molecule has 3 aromatic heterocycles. The molecule has 0 unspecified atom stereocenters. The molecule has 9 nitrogen and oxygen atoms in total. The maximum atomic E-state index is 12.7. The van der Waals surface area contributed by atoms with Gasteiger partial charge in [-0.05, 0) is 29.3 Å². The number of carbonyl (C=O) groups excluding carboxylic acids is 1. The Kier molecular flexibility index (Phi) is 3.88. The normalized spacial score (nSPS) is 12.8. The van der Waals surface area contributed by atoms with Crippen LogP contribution in [0.1, 0.15) is 16.8 Å². The summed E-state index contributed by atoms with van der Waals surface area (Å²) in [6.07, 6.45) is 6.55. The van der Waals surface area contributed by atoms with Crippen molar-refractivity contribution in [3.63, 3.8) is 0 Å². The molecule has 9 heteroatoms. The molecule has 0 saturated carbocycles. The third-order valence-corrected chi connectivity index (χ3v) is 4.27. The molecule has 0 atom stereocenters. The largest absolute Gasteiger partial charge is 0.334 e. The third-order valence-electron chi connectivity index (χ3n) is 4.27. The van der Waals surface area contributed by atoms with Crippen molar-refractivity contribution in [1.29, 1.82) is 0 Å². The van der Waals surface area contributed by atoms with Gasteiger partial charge in [-0.15, -0.1) is 0 Å². The van der Waals surface area contributed by atoms with E-state index in [-0.39, 0.29) is 23.7 Å². The lowest BCUT2D eigenvalue weighted by molar-refractivity contribution is -0.385. The molecule has 0 aliphatic carbocycles. The van der Waals surface area contributed by atoms with Gasteiger partial charge in [-0.2, -0.15) is 5.10 Å². The number of carbonyl (C=O) groups is 1. The maximum Gasteiger partial charge on any atom is 0.291 e. The van der Waals surface area contributed by atoms with Crippen molar-refractivity contribution < 1.29 is 9.72 Å². The average molecular weight is 350 g/mol. The number of nitro groups is 1. The smallest absolute Gasteiger partial charge is 0.291 e. The molecule has 0 radical (unpaired) electrons. The lowest BCUT2D eigenvalue weighted by Crippen LogP contribution is -2.27. The monoisotopic (exact) mass is 350 g/mol. The van der Waals surface area contributed by atoms with Gasteiger partial charge in [0.1, 0.15) is 5.69 Å². The highest BCUT2D eigenvalue weighted by Gasteiger charge is 2.26.